The highest BCUT2D eigenvalue weighted by Gasteiger charge is 2.60. The fourth-order valence-electron chi connectivity index (χ4n) is 4.98. The summed E-state index contributed by atoms with van der Waals surface area (Å²) in [6.07, 6.45) is -0.466. The smallest absolute Gasteiger partial charge is 0.353 e. The first kappa shape index (κ1) is 26.9. The number of amides is 2. The van der Waals surface area contributed by atoms with Crippen LogP contribution in [0.15, 0.2) is 44.2 Å². The Morgan fingerprint density at radius 3 is 2.49 bits per heavy atom. The molecule has 0 saturated carbocycles. The van der Waals surface area contributed by atoms with Crippen LogP contribution in [-0.2, 0) is 24.4 Å². The summed E-state index contributed by atoms with van der Waals surface area (Å²) in [5.41, 5.74) is 10.6. The molecule has 15 heteroatoms. The van der Waals surface area contributed by atoms with Crippen LogP contribution < -0.4 is 22.1 Å². The lowest BCUT2D eigenvalue weighted by Gasteiger charge is -2.46. The van der Waals surface area contributed by atoms with E-state index in [1.807, 2.05) is 6.92 Å². The normalized spacial score (nSPS) is 27.9. The molecular formula is C22H28N6O7S2. The monoisotopic (exact) mass is 552 g/mol. The van der Waals surface area contributed by atoms with Crippen LogP contribution in [0.4, 0.5) is 5.69 Å². The Hall–Kier alpha value is -3.14. The van der Waals surface area contributed by atoms with Crippen molar-refractivity contribution in [2.24, 2.45) is 27.7 Å². The lowest BCUT2D eigenvalue weighted by atomic mass is 9.79. The number of aliphatic carboxylic acids is 1. The summed E-state index contributed by atoms with van der Waals surface area (Å²) < 4.78 is 27.3. The summed E-state index contributed by atoms with van der Waals surface area (Å²) in [5.74, 6) is -3.39. The number of nitrogens with two attached hydrogens (primary N) is 2. The van der Waals surface area contributed by atoms with Crippen LogP contribution in [0.1, 0.15) is 20.3 Å². The third-order valence-electron chi connectivity index (χ3n) is 6.66. The molecule has 0 radical (unpaired) electrons. The number of hydrogen-bond acceptors (Lipinski definition) is 8. The van der Waals surface area contributed by atoms with Crippen LogP contribution in [0.5, 0.6) is 0 Å². The van der Waals surface area contributed by atoms with Gasteiger partial charge in [0.25, 0.3) is 10.0 Å². The van der Waals surface area contributed by atoms with Crippen LogP contribution in [0.2, 0.25) is 0 Å². The van der Waals surface area contributed by atoms with Crippen LogP contribution >= 0.6 is 11.8 Å². The van der Waals surface area contributed by atoms with Gasteiger partial charge in [0, 0.05) is 28.3 Å². The second kappa shape index (κ2) is 9.96. The number of thioether (sulfide) groups is 1. The van der Waals surface area contributed by atoms with Crippen LogP contribution in [0.25, 0.3) is 0 Å². The van der Waals surface area contributed by atoms with Gasteiger partial charge in [-0.15, -0.1) is 16.2 Å². The number of β-lactam (4-membered cyclic amide) rings is 1. The fraction of sp³-hybridized carbons (Fsp3) is 0.455. The molecule has 37 heavy (non-hydrogen) atoms. The molecule has 0 aliphatic carbocycles. The van der Waals surface area contributed by atoms with Gasteiger partial charge in [0.05, 0.1) is 29.0 Å². The average molecular weight is 553 g/mol. The molecule has 200 valence electrons. The molecular weight excluding hydrogens is 524 g/mol. The third-order valence-corrected chi connectivity index (χ3v) is 9.49. The zero-order valence-corrected chi connectivity index (χ0v) is 21.6. The second-order valence-corrected chi connectivity index (χ2v) is 12.2. The quantitative estimate of drug-likeness (QED) is 0.133. The minimum Gasteiger partial charge on any atom is -0.477 e. The van der Waals surface area contributed by atoms with Crippen molar-refractivity contribution in [3.8, 4) is 0 Å². The van der Waals surface area contributed by atoms with Crippen molar-refractivity contribution in [3.05, 3.63) is 34.9 Å². The number of guanidine groups is 1. The molecule has 1 aromatic rings. The van der Waals surface area contributed by atoms with Gasteiger partial charge < -0.3 is 37.2 Å². The molecule has 3 aliphatic heterocycles. The van der Waals surface area contributed by atoms with Crippen LogP contribution in [0, 0.1) is 11.8 Å². The number of nitrogens with one attached hydrogen (secondary N) is 2. The highest BCUT2D eigenvalue weighted by molar-refractivity contribution is 8.03. The van der Waals surface area contributed by atoms with Crippen molar-refractivity contribution in [2.75, 3.05) is 11.9 Å². The predicted molar refractivity (Wildman–Crippen MR) is 135 cm³/mol. The van der Waals surface area contributed by atoms with E-state index < -0.39 is 52.0 Å². The standard InChI is InChI=1S/C22H28N6O7S2/c1-9-16-15(10(2)29)20(31)28(16)17(21(32)33)18(9)36-12-7-14(25-8-12)19(30)26-11-3-5-13(6-4-11)37(34,35)27-22(23)24/h3-6,9-10,12,14-16,25,29H,7-8H2,1-2H3,(H,26,30)(H,32,33)(H4,23,24,27)/t9-,10-,12+,14+,15-,16?/m1/s1. The molecule has 0 bridgehead atoms. The number of carboxylic acids is 1. The molecule has 4 rings (SSSR count). The minimum atomic E-state index is -4.04. The molecule has 0 aromatic heterocycles. The van der Waals surface area contributed by atoms with Gasteiger partial charge in [-0.25, -0.2) is 4.79 Å². The number of carbonyl (C=O) groups is 3. The number of anilines is 1. The van der Waals surface area contributed by atoms with E-state index in [0.717, 1.165) is 0 Å². The Labute approximate surface area is 217 Å². The number of rotatable bonds is 8. The zero-order chi connectivity index (χ0) is 27.2. The maximum Gasteiger partial charge on any atom is 0.353 e. The molecule has 8 N–H and O–H groups in total. The first-order chi connectivity index (χ1) is 17.3. The van der Waals surface area contributed by atoms with Gasteiger partial charge in [-0.3, -0.25) is 9.59 Å². The van der Waals surface area contributed by atoms with E-state index >= 15 is 0 Å². The van der Waals surface area contributed by atoms with E-state index in [1.54, 1.807) is 0 Å². The molecule has 13 nitrogen and oxygen atoms in total. The summed E-state index contributed by atoms with van der Waals surface area (Å²) in [6.45, 7) is 3.82. The number of aliphatic hydroxyl groups is 1. The first-order valence-corrected chi connectivity index (χ1v) is 13.8. The van der Waals surface area contributed by atoms with E-state index in [9.17, 15) is 33.0 Å². The SMILES string of the molecule is C[C@H]1C(S[C@@H]2CN[C@H](C(=O)Nc3ccc(S(=O)(=O)N=C(N)N)cc3)C2)=C(C(=O)O)N2C(=O)[C@H]([C@@H](C)O)C12. The summed E-state index contributed by atoms with van der Waals surface area (Å²) in [7, 11) is -4.04. The highest BCUT2D eigenvalue weighted by Crippen LogP contribution is 2.51. The minimum absolute atomic E-state index is 0.0481. The van der Waals surface area contributed by atoms with Crippen LogP contribution in [0.3, 0.4) is 0 Å². The van der Waals surface area contributed by atoms with E-state index in [1.165, 1.54) is 47.9 Å². The topological polar surface area (TPSA) is 218 Å². The van der Waals surface area contributed by atoms with Gasteiger partial charge in [-0.1, -0.05) is 6.92 Å². The number of sulfonamides is 1. The Morgan fingerprint density at radius 2 is 1.92 bits per heavy atom. The number of aliphatic hydroxyl groups excluding tert-OH is 1. The molecule has 0 spiro atoms. The van der Waals surface area contributed by atoms with E-state index in [0.29, 0.717) is 23.6 Å². The summed E-state index contributed by atoms with van der Waals surface area (Å²) in [5, 5.41) is 25.5. The molecule has 1 aromatic carbocycles. The van der Waals surface area contributed by atoms with E-state index in [4.69, 9.17) is 11.5 Å². The summed E-state index contributed by atoms with van der Waals surface area (Å²) in [6, 6.07) is 4.41. The van der Waals surface area contributed by atoms with Gasteiger partial charge >= 0.3 is 5.97 Å². The molecule has 1 unspecified atom stereocenters. The van der Waals surface area contributed by atoms with Gasteiger partial charge in [0.1, 0.15) is 5.70 Å². The van der Waals surface area contributed by atoms with Gasteiger partial charge in [0.2, 0.25) is 17.8 Å². The van der Waals surface area contributed by atoms with Crippen molar-refractivity contribution < 1.29 is 33.0 Å². The largest absolute Gasteiger partial charge is 0.477 e. The van der Waals surface area contributed by atoms with Crippen molar-refractivity contribution in [3.63, 3.8) is 0 Å². The summed E-state index contributed by atoms with van der Waals surface area (Å²) in [4.78, 5) is 39.0. The van der Waals surface area contributed by atoms with Crippen molar-refractivity contribution in [1.82, 2.24) is 10.2 Å². The maximum atomic E-state index is 12.8. The second-order valence-electron chi connectivity index (χ2n) is 9.21. The highest BCUT2D eigenvalue weighted by atomic mass is 32.2. The molecule has 3 heterocycles. The maximum absolute atomic E-state index is 12.8. The average Bonchev–Trinajstić information content (AvgIpc) is 3.35. The summed E-state index contributed by atoms with van der Waals surface area (Å²) >= 11 is 1.34. The number of hydrogen-bond donors (Lipinski definition) is 6. The number of fused-ring (bicyclic) bond motifs is 1. The van der Waals surface area contributed by atoms with Gasteiger partial charge in [-0.2, -0.15) is 8.42 Å². The van der Waals surface area contributed by atoms with Crippen molar-refractivity contribution >= 4 is 51.2 Å². The lowest BCUT2D eigenvalue weighted by Crippen LogP contribution is -2.63. The fourth-order valence-corrected chi connectivity index (χ4v) is 7.32. The molecule has 6 atom stereocenters. The van der Waals surface area contributed by atoms with Crippen LogP contribution in [-0.4, -0.2) is 77.3 Å². The molecule has 3 aliphatic rings. The molecule has 2 amide bonds. The number of carboxylic acid groups (broad SMARTS) is 1. The Balaban J connectivity index is 1.40. The third kappa shape index (κ3) is 5.03. The van der Waals surface area contributed by atoms with Gasteiger partial charge in [0.15, 0.2) is 0 Å². The van der Waals surface area contributed by atoms with Crippen molar-refractivity contribution in [2.45, 2.75) is 48.6 Å². The number of carbonyl (C=O) groups excluding carboxylic acids is 2. The Bertz CT molecular complexity index is 1290. The van der Waals surface area contributed by atoms with Gasteiger partial charge in [-0.05, 0) is 37.6 Å². The zero-order valence-electron chi connectivity index (χ0n) is 20.0. The first-order valence-electron chi connectivity index (χ1n) is 11.5. The molecule has 2 fully saturated rings. The predicted octanol–water partition coefficient (Wildman–Crippen LogP) is -0.795. The van der Waals surface area contributed by atoms with E-state index in [-0.39, 0.29) is 27.7 Å². The number of benzene rings is 1. The van der Waals surface area contributed by atoms with Crippen molar-refractivity contribution in [1.29, 1.82) is 0 Å². The Kier molecular flexibility index (Phi) is 7.25. The molecule has 2 saturated heterocycles. The number of nitrogens with zero attached hydrogens (tertiary/aromatic N) is 2. The Morgan fingerprint density at radius 1 is 1.27 bits per heavy atom. The van der Waals surface area contributed by atoms with E-state index in [2.05, 4.69) is 15.0 Å². The lowest BCUT2D eigenvalue weighted by molar-refractivity contribution is -0.163.